The number of esters is 1. The molecule has 96 valence electrons. The summed E-state index contributed by atoms with van der Waals surface area (Å²) in [7, 11) is 1.23. The van der Waals surface area contributed by atoms with Gasteiger partial charge in [-0.25, -0.2) is 4.79 Å². The summed E-state index contributed by atoms with van der Waals surface area (Å²) in [5.41, 5.74) is 0. The molecule has 0 bridgehead atoms. The molecule has 0 radical (unpaired) electrons. The quantitative estimate of drug-likeness (QED) is 0.567. The molecule has 0 aromatic rings. The van der Waals surface area contributed by atoms with Crippen molar-refractivity contribution in [2.45, 2.75) is 30.7 Å². The second-order valence-corrected chi connectivity index (χ2v) is 4.43. The van der Waals surface area contributed by atoms with Crippen molar-refractivity contribution >= 4 is 29.4 Å². The molecule has 7 heteroatoms. The largest absolute Gasteiger partial charge is 0.480 e. The number of hydrogen-bond acceptors (Lipinski definition) is 4. The van der Waals surface area contributed by atoms with Gasteiger partial charge in [0.2, 0.25) is 5.91 Å². The van der Waals surface area contributed by atoms with Crippen LogP contribution in [0.5, 0.6) is 0 Å². The normalized spacial score (nSPS) is 21.4. The van der Waals surface area contributed by atoms with E-state index in [9.17, 15) is 14.4 Å². The lowest BCUT2D eigenvalue weighted by molar-refractivity contribution is -0.149. The Labute approximate surface area is 103 Å². The zero-order valence-electron chi connectivity index (χ0n) is 9.39. The minimum atomic E-state index is -1.13. The molecule has 1 N–H and O–H groups in total. The molecule has 1 amide bonds. The number of aliphatic carboxylic acids is 1. The number of hydrogen-bond donors (Lipinski definition) is 1. The summed E-state index contributed by atoms with van der Waals surface area (Å²) in [5, 5.41) is 8.68. The maximum absolute atomic E-state index is 11.5. The van der Waals surface area contributed by atoms with Crippen LogP contribution in [0.2, 0.25) is 0 Å². The maximum Gasteiger partial charge on any atom is 0.326 e. The first kappa shape index (κ1) is 13.8. The summed E-state index contributed by atoms with van der Waals surface area (Å²) in [5.74, 6) is -1.92. The highest BCUT2D eigenvalue weighted by atomic mass is 35.5. The highest BCUT2D eigenvalue weighted by molar-refractivity contribution is 6.22. The van der Waals surface area contributed by atoms with Crippen LogP contribution in [0.25, 0.3) is 0 Å². The fourth-order valence-corrected chi connectivity index (χ4v) is 2.04. The Morgan fingerprint density at radius 2 is 2.29 bits per heavy atom. The van der Waals surface area contributed by atoms with Crippen LogP contribution in [0.1, 0.15) is 19.3 Å². The summed E-state index contributed by atoms with van der Waals surface area (Å²) in [6, 6.07) is -1.01. The van der Waals surface area contributed by atoms with Gasteiger partial charge in [-0.05, 0) is 6.42 Å². The Morgan fingerprint density at radius 3 is 2.71 bits per heavy atom. The average molecular weight is 264 g/mol. The number of rotatable bonds is 5. The summed E-state index contributed by atoms with van der Waals surface area (Å²) in [6.07, 6.45) is 0.144. The number of alkyl halides is 1. The van der Waals surface area contributed by atoms with Gasteiger partial charge in [-0.15, -0.1) is 11.6 Å². The summed E-state index contributed by atoms with van der Waals surface area (Å²) in [6.45, 7) is 0.207. The van der Waals surface area contributed by atoms with Gasteiger partial charge in [0, 0.05) is 19.4 Å². The Balaban J connectivity index is 2.63. The summed E-state index contributed by atoms with van der Waals surface area (Å²) < 4.78 is 4.43. The third-order valence-electron chi connectivity index (χ3n) is 2.62. The van der Waals surface area contributed by atoms with Gasteiger partial charge in [-0.2, -0.15) is 0 Å². The molecule has 0 aliphatic carbocycles. The first-order chi connectivity index (χ1) is 7.95. The van der Waals surface area contributed by atoms with Gasteiger partial charge in [-0.1, -0.05) is 0 Å². The van der Waals surface area contributed by atoms with Gasteiger partial charge in [0.1, 0.15) is 6.04 Å². The predicted octanol–water partition coefficient (Wildman–Crippen LogP) is 0.232. The Kier molecular flexibility index (Phi) is 4.74. The van der Waals surface area contributed by atoms with Crippen LogP contribution in [0.15, 0.2) is 0 Å². The van der Waals surface area contributed by atoms with Crippen LogP contribution in [-0.2, 0) is 19.1 Å². The number of halogens is 1. The molecule has 6 nitrogen and oxygen atoms in total. The van der Waals surface area contributed by atoms with Gasteiger partial charge >= 0.3 is 11.9 Å². The lowest BCUT2D eigenvalue weighted by atomic mass is 10.1. The lowest BCUT2D eigenvalue weighted by Gasteiger charge is -2.23. The van der Waals surface area contributed by atoms with E-state index in [1.165, 1.54) is 12.0 Å². The van der Waals surface area contributed by atoms with Crippen LogP contribution in [0.3, 0.4) is 0 Å². The van der Waals surface area contributed by atoms with E-state index in [2.05, 4.69) is 4.74 Å². The summed E-state index contributed by atoms with van der Waals surface area (Å²) >= 11 is 5.79. The molecule has 0 aromatic carbocycles. The van der Waals surface area contributed by atoms with E-state index in [-0.39, 0.29) is 37.1 Å². The SMILES string of the molecule is COC(=O)CC[C@@H](C(=O)O)N1CC(Cl)CC1=O. The number of methoxy groups -OCH3 is 1. The number of carboxylic acids is 1. The summed E-state index contributed by atoms with van der Waals surface area (Å²) in [4.78, 5) is 34.7. The smallest absolute Gasteiger partial charge is 0.326 e. The molecule has 1 fully saturated rings. The fourth-order valence-electron chi connectivity index (χ4n) is 1.76. The molecule has 2 atom stereocenters. The molecule has 0 aromatic heterocycles. The second-order valence-electron chi connectivity index (χ2n) is 3.82. The molecular formula is C10H14ClNO5. The molecule has 1 unspecified atom stereocenters. The zero-order valence-corrected chi connectivity index (χ0v) is 10.1. The van der Waals surface area contributed by atoms with E-state index >= 15 is 0 Å². The van der Waals surface area contributed by atoms with Gasteiger partial charge in [-0.3, -0.25) is 9.59 Å². The third-order valence-corrected chi connectivity index (χ3v) is 2.91. The average Bonchev–Trinajstić information content (AvgIpc) is 2.57. The standard InChI is InChI=1S/C10H14ClNO5/c1-17-9(14)3-2-7(10(15)16)12-5-6(11)4-8(12)13/h6-7H,2-5H2,1H3,(H,15,16)/t6?,7-/m0/s1. The highest BCUT2D eigenvalue weighted by Gasteiger charge is 2.36. The van der Waals surface area contributed by atoms with Crippen molar-refractivity contribution in [1.82, 2.24) is 4.90 Å². The number of carbonyl (C=O) groups is 3. The molecule has 17 heavy (non-hydrogen) atoms. The molecular weight excluding hydrogens is 250 g/mol. The number of nitrogens with zero attached hydrogens (tertiary/aromatic N) is 1. The van der Waals surface area contributed by atoms with Crippen molar-refractivity contribution in [1.29, 1.82) is 0 Å². The molecule has 1 saturated heterocycles. The fraction of sp³-hybridized carbons (Fsp3) is 0.700. The van der Waals surface area contributed by atoms with Crippen LogP contribution in [-0.4, -0.2) is 52.9 Å². The monoisotopic (exact) mass is 263 g/mol. The van der Waals surface area contributed by atoms with Crippen molar-refractivity contribution in [3.63, 3.8) is 0 Å². The van der Waals surface area contributed by atoms with Crippen molar-refractivity contribution in [3.05, 3.63) is 0 Å². The van der Waals surface area contributed by atoms with Crippen LogP contribution < -0.4 is 0 Å². The maximum atomic E-state index is 11.5. The first-order valence-corrected chi connectivity index (χ1v) is 5.62. The number of amides is 1. The molecule has 0 spiro atoms. The highest BCUT2D eigenvalue weighted by Crippen LogP contribution is 2.21. The van der Waals surface area contributed by atoms with Crippen LogP contribution in [0.4, 0.5) is 0 Å². The number of carboxylic acid groups (broad SMARTS) is 1. The van der Waals surface area contributed by atoms with Crippen molar-refractivity contribution < 1.29 is 24.2 Å². The van der Waals surface area contributed by atoms with Crippen molar-refractivity contribution in [2.75, 3.05) is 13.7 Å². The molecule has 1 aliphatic heterocycles. The molecule has 1 rings (SSSR count). The Bertz CT molecular complexity index is 333. The van der Waals surface area contributed by atoms with E-state index in [0.29, 0.717) is 0 Å². The van der Waals surface area contributed by atoms with Gasteiger partial charge in [0.25, 0.3) is 0 Å². The number of likely N-dealkylation sites (tertiary alicyclic amines) is 1. The molecule has 1 aliphatic rings. The molecule has 0 saturated carbocycles. The zero-order chi connectivity index (χ0) is 13.0. The minimum Gasteiger partial charge on any atom is -0.480 e. The van der Waals surface area contributed by atoms with E-state index in [0.717, 1.165) is 0 Å². The van der Waals surface area contributed by atoms with E-state index in [1.54, 1.807) is 0 Å². The van der Waals surface area contributed by atoms with Gasteiger partial charge in [0.15, 0.2) is 0 Å². The van der Waals surface area contributed by atoms with E-state index in [4.69, 9.17) is 16.7 Å². The van der Waals surface area contributed by atoms with Crippen LogP contribution >= 0.6 is 11.6 Å². The predicted molar refractivity (Wildman–Crippen MR) is 58.6 cm³/mol. The van der Waals surface area contributed by atoms with E-state index < -0.39 is 18.0 Å². The Hall–Kier alpha value is -1.30. The van der Waals surface area contributed by atoms with Gasteiger partial charge < -0.3 is 14.7 Å². The second kappa shape index (κ2) is 5.86. The molecule has 1 heterocycles. The number of carbonyl (C=O) groups excluding carboxylic acids is 2. The van der Waals surface area contributed by atoms with Crippen molar-refractivity contribution in [3.8, 4) is 0 Å². The Morgan fingerprint density at radius 1 is 1.65 bits per heavy atom. The lowest BCUT2D eigenvalue weighted by Crippen LogP contribution is -2.42. The number of ether oxygens (including phenoxy) is 1. The van der Waals surface area contributed by atoms with Gasteiger partial charge in [0.05, 0.1) is 12.5 Å². The van der Waals surface area contributed by atoms with Crippen LogP contribution in [0, 0.1) is 0 Å². The first-order valence-electron chi connectivity index (χ1n) is 5.19. The third kappa shape index (κ3) is 3.59. The van der Waals surface area contributed by atoms with Crippen molar-refractivity contribution in [2.24, 2.45) is 0 Å². The topological polar surface area (TPSA) is 83.9 Å². The minimum absolute atomic E-state index is 0.0375. The van der Waals surface area contributed by atoms with E-state index in [1.807, 2.05) is 0 Å².